The van der Waals surface area contributed by atoms with Crippen LogP contribution in [0.25, 0.3) is 0 Å². The number of nitrogens with one attached hydrogen (secondary N) is 1. The zero-order valence-corrected chi connectivity index (χ0v) is 47.4. The van der Waals surface area contributed by atoms with E-state index >= 15 is 0 Å². The number of hydrogen-bond acceptors (Lipinski definition) is 4. The van der Waals surface area contributed by atoms with E-state index in [0.717, 1.165) is 38.5 Å². The van der Waals surface area contributed by atoms with Crippen molar-refractivity contribution in [3.63, 3.8) is 0 Å². The molecule has 0 fully saturated rings. The van der Waals surface area contributed by atoms with Crippen molar-refractivity contribution in [3.05, 3.63) is 36.5 Å². The monoisotopic (exact) mass is 984 g/mol. The number of carbonyl (C=O) groups is 1. The second-order valence-corrected chi connectivity index (χ2v) is 22.0. The summed E-state index contributed by atoms with van der Waals surface area (Å²) in [6, 6.07) is -0.815. The Labute approximate surface area is 438 Å². The number of amides is 1. The van der Waals surface area contributed by atoms with E-state index in [9.17, 15) is 20.1 Å². The third kappa shape index (κ3) is 54.3. The largest absolute Gasteiger partial charge is 0.394 e. The van der Waals surface area contributed by atoms with Crippen LogP contribution in [0.1, 0.15) is 348 Å². The molecule has 70 heavy (non-hydrogen) atoms. The third-order valence-electron chi connectivity index (χ3n) is 15.0. The Morgan fingerprint density at radius 1 is 0.343 bits per heavy atom. The maximum absolute atomic E-state index is 12.6. The van der Waals surface area contributed by atoms with Gasteiger partial charge in [0.2, 0.25) is 5.91 Å². The van der Waals surface area contributed by atoms with Crippen LogP contribution in [0.2, 0.25) is 0 Å². The van der Waals surface area contributed by atoms with Crippen molar-refractivity contribution >= 4 is 5.91 Å². The summed E-state index contributed by atoms with van der Waals surface area (Å²) in [6.07, 6.45) is 79.7. The minimum absolute atomic E-state index is 0.374. The van der Waals surface area contributed by atoms with Gasteiger partial charge in [0, 0.05) is 0 Å². The molecule has 5 heteroatoms. The molecule has 0 radical (unpaired) electrons. The Balaban J connectivity index is 3.55. The highest BCUT2D eigenvalue weighted by Gasteiger charge is 2.22. The molecule has 0 heterocycles. The standard InChI is InChI=1S/C65H125NO4/c1-3-5-7-9-11-13-15-17-19-21-23-25-27-29-30-31-32-33-34-36-38-40-42-44-46-48-50-52-54-56-58-60-64(69)65(70)66-62(61-67)63(68)59-57-55-53-51-49-47-45-43-41-39-37-35-28-26-24-22-20-18-16-14-12-10-8-6-4-2/h29-30,49,51,57,59,62-64,67-69H,3-28,31-48,50,52-56,58,60-61H2,1-2H3,(H,66,70)/b30-29-,51-49+,59-57+. The van der Waals surface area contributed by atoms with Gasteiger partial charge in [0.15, 0.2) is 0 Å². The van der Waals surface area contributed by atoms with E-state index in [2.05, 4.69) is 43.5 Å². The molecule has 3 atom stereocenters. The van der Waals surface area contributed by atoms with Crippen molar-refractivity contribution in [1.82, 2.24) is 5.32 Å². The molecule has 0 saturated carbocycles. The van der Waals surface area contributed by atoms with E-state index in [0.29, 0.717) is 6.42 Å². The van der Waals surface area contributed by atoms with Gasteiger partial charge >= 0.3 is 0 Å². The SMILES string of the molecule is CCCCCCCCCCCCCC/C=C\CCCCCCCCCCCCCCCCCC(O)C(=O)NC(CO)C(O)/C=C/CC/C=C/CCCCCCCCCCCCCCCCCCCCC. The number of allylic oxidation sites excluding steroid dienone is 5. The van der Waals surface area contributed by atoms with Gasteiger partial charge in [-0.25, -0.2) is 0 Å². The second kappa shape index (κ2) is 60.1. The number of aliphatic hydroxyl groups excluding tert-OH is 3. The first-order chi connectivity index (χ1) is 34.6. The van der Waals surface area contributed by atoms with Gasteiger partial charge in [-0.05, 0) is 57.8 Å². The Hall–Kier alpha value is -1.43. The van der Waals surface area contributed by atoms with Crippen molar-refractivity contribution in [2.75, 3.05) is 6.61 Å². The van der Waals surface area contributed by atoms with Gasteiger partial charge in [-0.15, -0.1) is 0 Å². The van der Waals surface area contributed by atoms with Crippen LogP contribution < -0.4 is 5.32 Å². The molecule has 1 amide bonds. The van der Waals surface area contributed by atoms with Crippen LogP contribution in [0.15, 0.2) is 36.5 Å². The highest BCUT2D eigenvalue weighted by molar-refractivity contribution is 5.80. The summed E-state index contributed by atoms with van der Waals surface area (Å²) in [5.74, 6) is -0.507. The fraction of sp³-hybridized carbons (Fsp3) is 0.892. The lowest BCUT2D eigenvalue weighted by atomic mass is 10.0. The molecule has 0 aliphatic heterocycles. The average molecular weight is 985 g/mol. The lowest BCUT2D eigenvalue weighted by molar-refractivity contribution is -0.131. The van der Waals surface area contributed by atoms with E-state index in [1.165, 1.54) is 289 Å². The number of unbranched alkanes of at least 4 members (excludes halogenated alkanes) is 47. The minimum atomic E-state index is -1.11. The van der Waals surface area contributed by atoms with E-state index in [4.69, 9.17) is 0 Å². The maximum atomic E-state index is 12.6. The van der Waals surface area contributed by atoms with E-state index in [1.807, 2.05) is 6.08 Å². The highest BCUT2D eigenvalue weighted by atomic mass is 16.3. The molecule has 3 unspecified atom stereocenters. The Kier molecular flexibility index (Phi) is 58.9. The highest BCUT2D eigenvalue weighted by Crippen LogP contribution is 2.18. The van der Waals surface area contributed by atoms with Crippen LogP contribution in [-0.4, -0.2) is 46.1 Å². The van der Waals surface area contributed by atoms with Gasteiger partial charge in [0.05, 0.1) is 18.8 Å². The molecule has 0 aromatic heterocycles. The van der Waals surface area contributed by atoms with Crippen LogP contribution in [-0.2, 0) is 4.79 Å². The number of rotatable bonds is 59. The summed E-state index contributed by atoms with van der Waals surface area (Å²) in [7, 11) is 0. The van der Waals surface area contributed by atoms with Gasteiger partial charge in [-0.3, -0.25) is 4.79 Å². The summed E-state index contributed by atoms with van der Waals surface area (Å²) in [4.78, 5) is 12.6. The maximum Gasteiger partial charge on any atom is 0.249 e. The predicted molar refractivity (Wildman–Crippen MR) is 310 cm³/mol. The van der Waals surface area contributed by atoms with Gasteiger partial charge in [0.25, 0.3) is 0 Å². The molecule has 0 bridgehead atoms. The van der Waals surface area contributed by atoms with Crippen LogP contribution in [0, 0.1) is 0 Å². The number of aliphatic hydroxyl groups is 3. The minimum Gasteiger partial charge on any atom is -0.394 e. The van der Waals surface area contributed by atoms with E-state index in [1.54, 1.807) is 6.08 Å². The zero-order chi connectivity index (χ0) is 50.7. The van der Waals surface area contributed by atoms with Gasteiger partial charge in [0.1, 0.15) is 6.10 Å². The smallest absolute Gasteiger partial charge is 0.249 e. The molecule has 5 nitrogen and oxygen atoms in total. The van der Waals surface area contributed by atoms with Crippen LogP contribution in [0.5, 0.6) is 0 Å². The molecule has 0 rings (SSSR count). The van der Waals surface area contributed by atoms with Crippen molar-refractivity contribution in [2.45, 2.75) is 366 Å². The molecular formula is C65H125NO4. The first-order valence-corrected chi connectivity index (χ1v) is 31.8. The van der Waals surface area contributed by atoms with Gasteiger partial charge in [-0.1, -0.05) is 326 Å². The van der Waals surface area contributed by atoms with Crippen molar-refractivity contribution < 1.29 is 20.1 Å². The lowest BCUT2D eigenvalue weighted by Gasteiger charge is -2.21. The van der Waals surface area contributed by atoms with Crippen LogP contribution >= 0.6 is 0 Å². The van der Waals surface area contributed by atoms with E-state index < -0.39 is 24.2 Å². The Morgan fingerprint density at radius 2 is 0.586 bits per heavy atom. The molecule has 0 aliphatic carbocycles. The van der Waals surface area contributed by atoms with Crippen molar-refractivity contribution in [3.8, 4) is 0 Å². The first kappa shape index (κ1) is 68.6. The summed E-state index contributed by atoms with van der Waals surface area (Å²) in [6.45, 7) is 4.22. The molecule has 0 spiro atoms. The normalized spacial score (nSPS) is 13.4. The molecular weight excluding hydrogens is 859 g/mol. The average Bonchev–Trinajstić information content (AvgIpc) is 3.36. The van der Waals surface area contributed by atoms with Crippen molar-refractivity contribution in [2.24, 2.45) is 0 Å². The summed E-state index contributed by atoms with van der Waals surface area (Å²) < 4.78 is 0. The van der Waals surface area contributed by atoms with E-state index in [-0.39, 0.29) is 6.61 Å². The fourth-order valence-corrected chi connectivity index (χ4v) is 10.0. The molecule has 4 N–H and O–H groups in total. The first-order valence-electron chi connectivity index (χ1n) is 31.8. The summed E-state index contributed by atoms with van der Waals surface area (Å²) >= 11 is 0. The van der Waals surface area contributed by atoms with Crippen LogP contribution in [0.4, 0.5) is 0 Å². The second-order valence-electron chi connectivity index (χ2n) is 22.0. The lowest BCUT2D eigenvalue weighted by Crippen LogP contribution is -2.48. The summed E-state index contributed by atoms with van der Waals surface area (Å²) in [5, 5.41) is 33.4. The predicted octanol–water partition coefficient (Wildman–Crippen LogP) is 20.2. The molecule has 0 saturated heterocycles. The fourth-order valence-electron chi connectivity index (χ4n) is 10.0. The number of hydrogen-bond donors (Lipinski definition) is 4. The zero-order valence-electron chi connectivity index (χ0n) is 47.4. The van der Waals surface area contributed by atoms with Gasteiger partial charge in [-0.2, -0.15) is 0 Å². The third-order valence-corrected chi connectivity index (χ3v) is 15.0. The quantitative estimate of drug-likeness (QED) is 0.0361. The molecule has 414 valence electrons. The Morgan fingerprint density at radius 3 is 0.871 bits per heavy atom. The Bertz CT molecular complexity index is 1090. The molecule has 0 aromatic carbocycles. The van der Waals surface area contributed by atoms with Crippen LogP contribution in [0.3, 0.4) is 0 Å². The molecule has 0 aliphatic rings. The summed E-state index contributed by atoms with van der Waals surface area (Å²) in [5.41, 5.74) is 0. The molecule has 0 aromatic rings. The number of carbonyl (C=O) groups excluding carboxylic acids is 1. The van der Waals surface area contributed by atoms with Gasteiger partial charge < -0.3 is 20.6 Å². The van der Waals surface area contributed by atoms with Crippen molar-refractivity contribution in [1.29, 1.82) is 0 Å². The topological polar surface area (TPSA) is 89.8 Å².